The molecule has 2 aromatic carbocycles. The van der Waals surface area contributed by atoms with E-state index in [2.05, 4.69) is 15.3 Å². The maximum atomic E-state index is 13.8. The summed E-state index contributed by atoms with van der Waals surface area (Å²) in [5.41, 5.74) is 1.12. The Kier molecular flexibility index (Phi) is 8.61. The lowest BCUT2D eigenvalue weighted by Gasteiger charge is -2.30. The number of nitrogens with one attached hydrogen (secondary N) is 1. The number of hydrogen-bond acceptors (Lipinski definition) is 9. The number of halogens is 2. The van der Waals surface area contributed by atoms with Gasteiger partial charge in [0.1, 0.15) is 29.8 Å². The fraction of sp³-hybridized carbons (Fsp3) is 0.375. The second kappa shape index (κ2) is 11.7. The van der Waals surface area contributed by atoms with Crippen molar-refractivity contribution in [3.05, 3.63) is 47.5 Å². The highest BCUT2D eigenvalue weighted by Gasteiger charge is 2.39. The topological polar surface area (TPSA) is 112 Å². The van der Waals surface area contributed by atoms with E-state index in [4.69, 9.17) is 30.1 Å². The van der Waals surface area contributed by atoms with Crippen LogP contribution in [0.3, 0.4) is 0 Å². The first kappa shape index (κ1) is 27.2. The van der Waals surface area contributed by atoms with Gasteiger partial charge in [0.05, 0.1) is 42.7 Å². The molecule has 1 amide bonds. The molecule has 1 fully saturated rings. The number of amides is 1. The van der Waals surface area contributed by atoms with Gasteiger partial charge in [0.2, 0.25) is 5.91 Å². The summed E-state index contributed by atoms with van der Waals surface area (Å²) in [5, 5.41) is 3.51. The molecule has 1 N–H and O–H groups in total. The number of carbonyl (C=O) groups is 1. The van der Waals surface area contributed by atoms with Crippen LogP contribution in [-0.4, -0.2) is 48.4 Å². The Morgan fingerprint density at radius 1 is 1.24 bits per heavy atom. The first-order valence-electron chi connectivity index (χ1n) is 11.7. The largest absolute Gasteiger partial charge is 0.486 e. The maximum Gasteiger partial charge on any atom is 0.442 e. The Hall–Kier alpha value is -2.82. The fourth-order valence-electron chi connectivity index (χ4n) is 3.88. The summed E-state index contributed by atoms with van der Waals surface area (Å²) in [7, 11) is -4.10. The zero-order valence-electron chi connectivity index (χ0n) is 20.6. The summed E-state index contributed by atoms with van der Waals surface area (Å²) in [4.78, 5) is 21.6. The van der Waals surface area contributed by atoms with Crippen LogP contribution < -0.4 is 14.7 Å². The van der Waals surface area contributed by atoms with Crippen molar-refractivity contribution in [2.75, 3.05) is 36.4 Å². The lowest BCUT2D eigenvalue weighted by molar-refractivity contribution is -0.115. The molecule has 1 aromatic heterocycles. The molecule has 0 saturated carbocycles. The molecule has 4 rings (SSSR count). The Balaban J connectivity index is 1.89. The number of benzene rings is 2. The molecule has 0 bridgehead atoms. The summed E-state index contributed by atoms with van der Waals surface area (Å²) >= 11 is 5.93. The minimum absolute atomic E-state index is 0.0442. The van der Waals surface area contributed by atoms with Crippen molar-refractivity contribution in [3.8, 4) is 5.75 Å². The maximum absolute atomic E-state index is 13.8. The molecule has 13 heteroatoms. The van der Waals surface area contributed by atoms with Gasteiger partial charge in [0.15, 0.2) is 0 Å². The van der Waals surface area contributed by atoms with Gasteiger partial charge in [0.25, 0.3) is 0 Å². The third-order valence-electron chi connectivity index (χ3n) is 5.44. The summed E-state index contributed by atoms with van der Waals surface area (Å²) in [6.45, 7) is 5.57. The molecular weight excluding hydrogens is 526 g/mol. The summed E-state index contributed by atoms with van der Waals surface area (Å²) < 4.78 is 51.1. The van der Waals surface area contributed by atoms with E-state index in [0.29, 0.717) is 42.0 Å². The van der Waals surface area contributed by atoms with Gasteiger partial charge in [-0.15, -0.1) is 0 Å². The van der Waals surface area contributed by atoms with E-state index in [1.54, 1.807) is 26.0 Å². The van der Waals surface area contributed by atoms with Crippen LogP contribution in [0.1, 0.15) is 27.2 Å². The quantitative estimate of drug-likeness (QED) is 0.309. The second-order valence-corrected chi connectivity index (χ2v) is 10.3. The molecule has 1 aliphatic heterocycles. The van der Waals surface area contributed by atoms with Gasteiger partial charge in [-0.05, 0) is 38.1 Å². The number of ether oxygens (including phenoxy) is 2. The van der Waals surface area contributed by atoms with Crippen LogP contribution in [-0.2, 0) is 23.1 Å². The van der Waals surface area contributed by atoms with E-state index in [9.17, 15) is 13.8 Å². The zero-order valence-corrected chi connectivity index (χ0v) is 22.2. The molecule has 0 spiro atoms. The van der Waals surface area contributed by atoms with Gasteiger partial charge >= 0.3 is 7.75 Å². The molecule has 2 heterocycles. The smallest absolute Gasteiger partial charge is 0.442 e. The molecule has 1 saturated heterocycles. The van der Waals surface area contributed by atoms with Gasteiger partial charge in [-0.3, -0.25) is 13.8 Å². The predicted molar refractivity (Wildman–Crippen MR) is 138 cm³/mol. The average Bonchev–Trinajstić information content (AvgIpc) is 3.35. The molecule has 3 aromatic rings. The normalized spacial score (nSPS) is 15.6. The first-order chi connectivity index (χ1) is 17.8. The third-order valence-corrected chi connectivity index (χ3v) is 7.88. The van der Waals surface area contributed by atoms with Gasteiger partial charge in [-0.25, -0.2) is 23.6 Å². The highest BCUT2D eigenvalue weighted by Crippen LogP contribution is 2.56. The van der Waals surface area contributed by atoms with Crippen molar-refractivity contribution in [1.82, 2.24) is 9.97 Å². The lowest BCUT2D eigenvalue weighted by atomic mass is 10.1. The first-order valence-corrected chi connectivity index (χ1v) is 13.6. The molecular formula is C24H27ClFN4O6P. The molecule has 1 aliphatic rings. The van der Waals surface area contributed by atoms with Crippen molar-refractivity contribution in [2.24, 2.45) is 0 Å². The van der Waals surface area contributed by atoms with Gasteiger partial charge < -0.3 is 14.8 Å². The molecule has 1 atom stereocenters. The van der Waals surface area contributed by atoms with Gasteiger partial charge in [-0.2, -0.15) is 0 Å². The van der Waals surface area contributed by atoms with E-state index >= 15 is 0 Å². The van der Waals surface area contributed by atoms with Crippen LogP contribution in [0.5, 0.6) is 5.75 Å². The molecule has 10 nitrogen and oxygen atoms in total. The Labute approximate surface area is 218 Å². The van der Waals surface area contributed by atoms with E-state index in [1.807, 2.05) is 0 Å². The lowest BCUT2D eigenvalue weighted by Crippen LogP contribution is -2.29. The highest BCUT2D eigenvalue weighted by molar-refractivity contribution is 7.56. The van der Waals surface area contributed by atoms with Crippen molar-refractivity contribution in [3.63, 3.8) is 0 Å². The minimum Gasteiger partial charge on any atom is -0.486 e. The van der Waals surface area contributed by atoms with Crippen molar-refractivity contribution in [2.45, 2.75) is 33.3 Å². The number of nitrogens with zero attached hydrogens (tertiary/aromatic N) is 3. The number of rotatable bonds is 10. The number of anilines is 3. The number of carbonyl (C=O) groups excluding carboxylic acids is 1. The summed E-state index contributed by atoms with van der Waals surface area (Å²) in [5.74, 6) is -0.531. The number of fused-ring (bicyclic) bond motifs is 1. The molecule has 0 aliphatic carbocycles. The van der Waals surface area contributed by atoms with Crippen LogP contribution in [0.25, 0.3) is 10.9 Å². The van der Waals surface area contributed by atoms with E-state index in [0.717, 1.165) is 4.67 Å². The van der Waals surface area contributed by atoms with Crippen LogP contribution in [0, 0.1) is 5.82 Å². The van der Waals surface area contributed by atoms with Crippen molar-refractivity contribution < 1.29 is 32.3 Å². The fourth-order valence-corrected chi connectivity index (χ4v) is 5.78. The van der Waals surface area contributed by atoms with Gasteiger partial charge in [0, 0.05) is 30.5 Å². The standard InChI is InChI=1S/C24H27ClFN4O6P/c1-4-34-37(32,35-5-2)30(15(3)31)22-11-18-21(12-23(22)36-17-8-9-33-13-17)27-14-28-24(18)29-16-6-7-20(26)19(25)10-16/h6-7,10-12,14,17H,4-5,8-9,13H2,1-3H3,(H,27,28,29)/t17-/m1/s1. The average molecular weight is 553 g/mol. The Morgan fingerprint density at radius 2 is 2.00 bits per heavy atom. The zero-order chi connectivity index (χ0) is 26.6. The Morgan fingerprint density at radius 3 is 2.62 bits per heavy atom. The van der Waals surface area contributed by atoms with Crippen LogP contribution >= 0.6 is 19.3 Å². The molecule has 0 radical (unpaired) electrons. The second-order valence-electron chi connectivity index (χ2n) is 8.05. The minimum atomic E-state index is -4.10. The van der Waals surface area contributed by atoms with E-state index < -0.39 is 19.5 Å². The SMILES string of the molecule is CCOP(=O)(OCC)N(C(C)=O)c1cc2c(Nc3ccc(F)c(Cl)c3)ncnc2cc1O[C@@H]1CCOC1. The monoisotopic (exact) mass is 552 g/mol. The number of aromatic nitrogens is 2. The predicted octanol–water partition coefficient (Wildman–Crippen LogP) is 5.87. The molecule has 198 valence electrons. The van der Waals surface area contributed by atoms with E-state index in [-0.39, 0.29) is 35.8 Å². The molecule has 37 heavy (non-hydrogen) atoms. The van der Waals surface area contributed by atoms with Crippen LogP contribution in [0.15, 0.2) is 36.7 Å². The third kappa shape index (κ3) is 6.02. The van der Waals surface area contributed by atoms with Crippen LogP contribution in [0.4, 0.5) is 21.6 Å². The summed E-state index contributed by atoms with van der Waals surface area (Å²) in [6, 6.07) is 7.37. The number of hydrogen-bond donors (Lipinski definition) is 1. The van der Waals surface area contributed by atoms with E-state index in [1.165, 1.54) is 31.5 Å². The van der Waals surface area contributed by atoms with Gasteiger partial charge in [-0.1, -0.05) is 11.6 Å². The van der Waals surface area contributed by atoms with Crippen molar-refractivity contribution >= 4 is 53.4 Å². The highest BCUT2D eigenvalue weighted by atomic mass is 35.5. The van der Waals surface area contributed by atoms with Crippen molar-refractivity contribution in [1.29, 1.82) is 0 Å². The van der Waals surface area contributed by atoms with Crippen LogP contribution in [0.2, 0.25) is 5.02 Å². The molecule has 0 unspecified atom stereocenters. The Bertz CT molecular complexity index is 1330. The summed E-state index contributed by atoms with van der Waals surface area (Å²) in [6.07, 6.45) is 1.73.